The van der Waals surface area contributed by atoms with Gasteiger partial charge in [-0.1, -0.05) is 0 Å². The Kier molecular flexibility index (Phi) is 5.77. The van der Waals surface area contributed by atoms with Crippen molar-refractivity contribution in [3.05, 3.63) is 64.2 Å². The van der Waals surface area contributed by atoms with Gasteiger partial charge in [-0.15, -0.1) is 0 Å². The van der Waals surface area contributed by atoms with Crippen LogP contribution >= 0.6 is 0 Å². The van der Waals surface area contributed by atoms with Crippen LogP contribution in [0.25, 0.3) is 0 Å². The Hall–Kier alpha value is -3.75. The lowest BCUT2D eigenvalue weighted by atomic mass is 10.2. The highest BCUT2D eigenvalue weighted by Gasteiger charge is 2.03. The number of benzene rings is 2. The van der Waals surface area contributed by atoms with Crippen LogP contribution in [0, 0.1) is 10.1 Å². The zero-order valence-corrected chi connectivity index (χ0v) is 13.2. The van der Waals surface area contributed by atoms with Gasteiger partial charge in [0, 0.05) is 30.4 Å². The third-order valence-corrected chi connectivity index (χ3v) is 2.95. The van der Waals surface area contributed by atoms with E-state index in [1.54, 1.807) is 24.3 Å². The fourth-order valence-electron chi connectivity index (χ4n) is 1.85. The van der Waals surface area contributed by atoms with Crippen LogP contribution in [0.1, 0.15) is 12.5 Å². The van der Waals surface area contributed by atoms with Crippen LogP contribution in [-0.2, 0) is 4.79 Å². The predicted octanol–water partition coefficient (Wildman–Crippen LogP) is 2.71. The lowest BCUT2D eigenvalue weighted by Gasteiger charge is -2.06. The maximum absolute atomic E-state index is 11.7. The standard InChI is InChI=1S/C16H15N5O4/c1-11(22)18-13-4-6-14(7-5-13)19-16(23)20-17-10-12-2-8-15(9-3-12)21(24)25/h2-10H,1H3,(H,18,22)(H2,19,20,23)/b17-10+. The summed E-state index contributed by atoms with van der Waals surface area (Å²) in [6.45, 7) is 1.41. The largest absolute Gasteiger partial charge is 0.339 e. The molecule has 0 aliphatic rings. The first kappa shape index (κ1) is 17.6. The van der Waals surface area contributed by atoms with Crippen LogP contribution in [0.15, 0.2) is 53.6 Å². The topological polar surface area (TPSA) is 126 Å². The zero-order valence-electron chi connectivity index (χ0n) is 13.2. The fourth-order valence-corrected chi connectivity index (χ4v) is 1.85. The molecule has 2 aromatic carbocycles. The van der Waals surface area contributed by atoms with Crippen LogP contribution in [-0.4, -0.2) is 23.1 Å². The number of nitrogens with one attached hydrogen (secondary N) is 3. The van der Waals surface area contributed by atoms with E-state index in [-0.39, 0.29) is 11.6 Å². The van der Waals surface area contributed by atoms with Gasteiger partial charge in [0.25, 0.3) is 5.69 Å². The Morgan fingerprint density at radius 1 is 1.00 bits per heavy atom. The van der Waals surface area contributed by atoms with E-state index in [1.807, 2.05) is 0 Å². The van der Waals surface area contributed by atoms with Gasteiger partial charge in [-0.25, -0.2) is 10.2 Å². The second kappa shape index (κ2) is 8.20. The van der Waals surface area contributed by atoms with Gasteiger partial charge in [0.2, 0.25) is 5.91 Å². The van der Waals surface area contributed by atoms with E-state index in [0.717, 1.165) is 0 Å². The van der Waals surface area contributed by atoms with Gasteiger partial charge in [-0.2, -0.15) is 5.10 Å². The number of nitrogens with zero attached hydrogens (tertiary/aromatic N) is 2. The highest BCUT2D eigenvalue weighted by molar-refractivity contribution is 5.92. The summed E-state index contributed by atoms with van der Waals surface area (Å²) in [7, 11) is 0. The van der Waals surface area contributed by atoms with Gasteiger partial charge >= 0.3 is 6.03 Å². The number of hydrazone groups is 1. The smallest absolute Gasteiger partial charge is 0.326 e. The lowest BCUT2D eigenvalue weighted by molar-refractivity contribution is -0.384. The summed E-state index contributed by atoms with van der Waals surface area (Å²) in [4.78, 5) is 32.7. The van der Waals surface area contributed by atoms with E-state index in [9.17, 15) is 19.7 Å². The predicted molar refractivity (Wildman–Crippen MR) is 93.6 cm³/mol. The first-order chi connectivity index (χ1) is 11.9. The molecule has 9 heteroatoms. The molecule has 0 radical (unpaired) electrons. The summed E-state index contributed by atoms with van der Waals surface area (Å²) in [6, 6.07) is 11.7. The van der Waals surface area contributed by atoms with Crippen molar-refractivity contribution < 1.29 is 14.5 Å². The number of nitro groups is 1. The minimum absolute atomic E-state index is 0.0226. The Labute approximate surface area is 142 Å². The maximum Gasteiger partial charge on any atom is 0.339 e. The summed E-state index contributed by atoms with van der Waals surface area (Å²) in [6.07, 6.45) is 1.36. The highest BCUT2D eigenvalue weighted by Crippen LogP contribution is 2.13. The average Bonchev–Trinajstić information content (AvgIpc) is 2.56. The lowest BCUT2D eigenvalue weighted by Crippen LogP contribution is -2.24. The van der Waals surface area contributed by atoms with Crippen molar-refractivity contribution in [2.45, 2.75) is 6.92 Å². The number of rotatable bonds is 5. The molecule has 3 amide bonds. The number of carbonyl (C=O) groups excluding carboxylic acids is 2. The van der Waals surface area contributed by atoms with Gasteiger partial charge in [0.1, 0.15) is 0 Å². The van der Waals surface area contributed by atoms with Crippen molar-refractivity contribution in [3.8, 4) is 0 Å². The number of hydrogen-bond acceptors (Lipinski definition) is 5. The molecule has 25 heavy (non-hydrogen) atoms. The average molecular weight is 341 g/mol. The number of non-ortho nitro benzene ring substituents is 1. The minimum Gasteiger partial charge on any atom is -0.326 e. The normalized spacial score (nSPS) is 10.3. The van der Waals surface area contributed by atoms with Crippen molar-refractivity contribution in [3.63, 3.8) is 0 Å². The van der Waals surface area contributed by atoms with Gasteiger partial charge in [0.05, 0.1) is 11.1 Å². The second-order valence-electron chi connectivity index (χ2n) is 4.93. The molecule has 2 aromatic rings. The van der Waals surface area contributed by atoms with E-state index < -0.39 is 11.0 Å². The monoisotopic (exact) mass is 341 g/mol. The number of anilines is 2. The minimum atomic E-state index is -0.551. The van der Waals surface area contributed by atoms with Crippen molar-refractivity contribution in [1.29, 1.82) is 0 Å². The molecular weight excluding hydrogens is 326 g/mol. The molecule has 0 unspecified atom stereocenters. The van der Waals surface area contributed by atoms with E-state index in [1.165, 1.54) is 37.4 Å². The third-order valence-electron chi connectivity index (χ3n) is 2.95. The molecule has 0 saturated carbocycles. The molecule has 0 spiro atoms. The van der Waals surface area contributed by atoms with E-state index >= 15 is 0 Å². The number of nitro benzene ring substituents is 1. The molecule has 0 bridgehead atoms. The quantitative estimate of drug-likeness (QED) is 0.439. The third kappa shape index (κ3) is 5.75. The molecule has 0 fully saturated rings. The summed E-state index contributed by atoms with van der Waals surface area (Å²) < 4.78 is 0. The Morgan fingerprint density at radius 2 is 1.56 bits per heavy atom. The summed E-state index contributed by atoms with van der Waals surface area (Å²) in [5.74, 6) is -0.181. The van der Waals surface area contributed by atoms with E-state index in [2.05, 4.69) is 21.2 Å². The summed E-state index contributed by atoms with van der Waals surface area (Å²) in [5.41, 5.74) is 4.00. The van der Waals surface area contributed by atoms with Gasteiger partial charge in [0.15, 0.2) is 0 Å². The van der Waals surface area contributed by atoms with Gasteiger partial charge < -0.3 is 10.6 Å². The summed E-state index contributed by atoms with van der Waals surface area (Å²) >= 11 is 0. The van der Waals surface area contributed by atoms with Crippen molar-refractivity contribution in [2.24, 2.45) is 5.10 Å². The number of hydrogen-bond donors (Lipinski definition) is 3. The van der Waals surface area contributed by atoms with Gasteiger partial charge in [-0.3, -0.25) is 14.9 Å². The van der Waals surface area contributed by atoms with Crippen LogP contribution < -0.4 is 16.1 Å². The molecule has 0 aliphatic carbocycles. The molecule has 9 nitrogen and oxygen atoms in total. The van der Waals surface area contributed by atoms with Crippen molar-refractivity contribution >= 4 is 35.2 Å². The highest BCUT2D eigenvalue weighted by atomic mass is 16.6. The van der Waals surface area contributed by atoms with Crippen LogP contribution in [0.3, 0.4) is 0 Å². The first-order valence-corrected chi connectivity index (χ1v) is 7.16. The molecule has 0 atom stereocenters. The molecule has 0 aromatic heterocycles. The zero-order chi connectivity index (χ0) is 18.2. The van der Waals surface area contributed by atoms with E-state index in [4.69, 9.17) is 0 Å². The number of amides is 3. The Morgan fingerprint density at radius 3 is 2.08 bits per heavy atom. The van der Waals surface area contributed by atoms with Crippen molar-refractivity contribution in [2.75, 3.05) is 10.6 Å². The van der Waals surface area contributed by atoms with Crippen LogP contribution in [0.2, 0.25) is 0 Å². The molecule has 0 heterocycles. The Balaban J connectivity index is 1.85. The number of carbonyl (C=O) groups is 2. The van der Waals surface area contributed by atoms with E-state index in [0.29, 0.717) is 16.9 Å². The summed E-state index contributed by atoms with van der Waals surface area (Å²) in [5, 5.41) is 19.5. The molecule has 128 valence electrons. The van der Waals surface area contributed by atoms with Crippen molar-refractivity contribution in [1.82, 2.24) is 5.43 Å². The molecule has 0 saturated heterocycles. The number of urea groups is 1. The first-order valence-electron chi connectivity index (χ1n) is 7.16. The fraction of sp³-hybridized carbons (Fsp3) is 0.0625. The molecule has 3 N–H and O–H groups in total. The SMILES string of the molecule is CC(=O)Nc1ccc(NC(=O)N/N=C/c2ccc([N+](=O)[O-])cc2)cc1. The molecular formula is C16H15N5O4. The Bertz CT molecular complexity index is 800. The maximum atomic E-state index is 11.7. The van der Waals surface area contributed by atoms with Crippen LogP contribution in [0.4, 0.5) is 21.9 Å². The van der Waals surface area contributed by atoms with Crippen LogP contribution in [0.5, 0.6) is 0 Å². The molecule has 0 aliphatic heterocycles. The molecule has 2 rings (SSSR count). The second-order valence-corrected chi connectivity index (χ2v) is 4.93. The van der Waals surface area contributed by atoms with Gasteiger partial charge in [-0.05, 0) is 42.0 Å².